The van der Waals surface area contributed by atoms with Crippen molar-refractivity contribution in [2.75, 3.05) is 10.6 Å². The third-order valence-corrected chi connectivity index (χ3v) is 4.69. The Balaban J connectivity index is 1.59. The summed E-state index contributed by atoms with van der Waals surface area (Å²) in [4.78, 5) is 24.6. The van der Waals surface area contributed by atoms with E-state index in [2.05, 4.69) is 24.5 Å². The van der Waals surface area contributed by atoms with Crippen molar-refractivity contribution >= 4 is 23.2 Å². The Hall–Kier alpha value is -2.62. The maximum atomic E-state index is 12.3. The minimum Gasteiger partial charge on any atom is -0.326 e. The lowest BCUT2D eigenvalue weighted by Gasteiger charge is -2.24. The molecule has 1 aliphatic rings. The molecule has 2 aromatic carbocycles. The molecule has 2 amide bonds. The van der Waals surface area contributed by atoms with Gasteiger partial charge in [0.2, 0.25) is 11.8 Å². The molecular formula is C21H24N2O2. The van der Waals surface area contributed by atoms with Crippen LogP contribution in [0.1, 0.15) is 43.7 Å². The molecule has 1 heterocycles. The van der Waals surface area contributed by atoms with Gasteiger partial charge in [-0.25, -0.2) is 0 Å². The van der Waals surface area contributed by atoms with Crippen molar-refractivity contribution in [1.82, 2.24) is 0 Å². The van der Waals surface area contributed by atoms with Gasteiger partial charge in [0.25, 0.3) is 0 Å². The SMILES string of the molecule is CC(C)c1ccccc1NC(=O)CCC1Cc2ccccc2NC1=O. The van der Waals surface area contributed by atoms with Gasteiger partial charge in [-0.2, -0.15) is 0 Å². The van der Waals surface area contributed by atoms with E-state index in [-0.39, 0.29) is 17.7 Å². The quantitative estimate of drug-likeness (QED) is 0.853. The minimum atomic E-state index is -0.152. The van der Waals surface area contributed by atoms with Gasteiger partial charge in [0, 0.05) is 23.7 Å². The van der Waals surface area contributed by atoms with E-state index >= 15 is 0 Å². The fourth-order valence-electron chi connectivity index (χ4n) is 3.28. The highest BCUT2D eigenvalue weighted by Crippen LogP contribution is 2.28. The molecule has 4 heteroatoms. The summed E-state index contributed by atoms with van der Waals surface area (Å²) in [5.74, 6) is 0.159. The van der Waals surface area contributed by atoms with Gasteiger partial charge in [-0.1, -0.05) is 50.2 Å². The second-order valence-electron chi connectivity index (χ2n) is 6.88. The molecule has 2 N–H and O–H groups in total. The van der Waals surface area contributed by atoms with Crippen LogP contribution in [-0.2, 0) is 16.0 Å². The Bertz CT molecular complexity index is 783. The van der Waals surface area contributed by atoms with Crippen molar-refractivity contribution in [2.24, 2.45) is 5.92 Å². The predicted molar refractivity (Wildman–Crippen MR) is 101 cm³/mol. The van der Waals surface area contributed by atoms with Crippen LogP contribution >= 0.6 is 0 Å². The summed E-state index contributed by atoms with van der Waals surface area (Å²) in [6, 6.07) is 15.7. The molecule has 0 aliphatic carbocycles. The summed E-state index contributed by atoms with van der Waals surface area (Å²) in [6.45, 7) is 4.21. The van der Waals surface area contributed by atoms with Crippen molar-refractivity contribution in [1.29, 1.82) is 0 Å². The lowest BCUT2D eigenvalue weighted by molar-refractivity contribution is -0.121. The number of hydrogen-bond acceptors (Lipinski definition) is 2. The highest BCUT2D eigenvalue weighted by Gasteiger charge is 2.26. The molecule has 0 fully saturated rings. The van der Waals surface area contributed by atoms with Crippen LogP contribution in [0.5, 0.6) is 0 Å². The van der Waals surface area contributed by atoms with Crippen molar-refractivity contribution in [3.8, 4) is 0 Å². The third kappa shape index (κ3) is 4.08. The summed E-state index contributed by atoms with van der Waals surface area (Å²) in [5.41, 5.74) is 4.01. The van der Waals surface area contributed by atoms with E-state index in [4.69, 9.17) is 0 Å². The molecule has 0 saturated carbocycles. The van der Waals surface area contributed by atoms with E-state index < -0.39 is 0 Å². The summed E-state index contributed by atoms with van der Waals surface area (Å²) in [5, 5.41) is 5.93. The van der Waals surface area contributed by atoms with Gasteiger partial charge in [0.1, 0.15) is 0 Å². The Morgan fingerprint density at radius 1 is 1.16 bits per heavy atom. The van der Waals surface area contributed by atoms with Crippen molar-refractivity contribution in [3.63, 3.8) is 0 Å². The fraction of sp³-hybridized carbons (Fsp3) is 0.333. The van der Waals surface area contributed by atoms with Crippen LogP contribution in [0.15, 0.2) is 48.5 Å². The van der Waals surface area contributed by atoms with Crippen molar-refractivity contribution in [2.45, 2.75) is 39.0 Å². The summed E-state index contributed by atoms with van der Waals surface area (Å²) in [6.07, 6.45) is 1.58. The second kappa shape index (κ2) is 7.51. The van der Waals surface area contributed by atoms with Crippen LogP contribution in [0.4, 0.5) is 11.4 Å². The zero-order chi connectivity index (χ0) is 17.8. The van der Waals surface area contributed by atoms with E-state index in [1.807, 2.05) is 48.5 Å². The first-order chi connectivity index (χ1) is 12.0. The number of para-hydroxylation sites is 2. The van der Waals surface area contributed by atoms with Crippen LogP contribution in [0.25, 0.3) is 0 Å². The molecule has 0 bridgehead atoms. The lowest BCUT2D eigenvalue weighted by atomic mass is 9.89. The molecule has 4 nitrogen and oxygen atoms in total. The average molecular weight is 336 g/mol. The van der Waals surface area contributed by atoms with E-state index in [0.717, 1.165) is 22.5 Å². The Kier molecular flexibility index (Phi) is 5.17. The van der Waals surface area contributed by atoms with Gasteiger partial charge >= 0.3 is 0 Å². The third-order valence-electron chi connectivity index (χ3n) is 4.69. The van der Waals surface area contributed by atoms with E-state index in [9.17, 15) is 9.59 Å². The van der Waals surface area contributed by atoms with Gasteiger partial charge in [-0.15, -0.1) is 0 Å². The van der Waals surface area contributed by atoms with Gasteiger partial charge in [0.05, 0.1) is 0 Å². The molecule has 3 rings (SSSR count). The number of benzene rings is 2. The molecule has 0 saturated heterocycles. The van der Waals surface area contributed by atoms with E-state index in [1.54, 1.807) is 0 Å². The largest absolute Gasteiger partial charge is 0.326 e. The van der Waals surface area contributed by atoms with Crippen molar-refractivity contribution in [3.05, 3.63) is 59.7 Å². The van der Waals surface area contributed by atoms with Crippen LogP contribution in [-0.4, -0.2) is 11.8 Å². The summed E-state index contributed by atoms with van der Waals surface area (Å²) < 4.78 is 0. The zero-order valence-corrected chi connectivity index (χ0v) is 14.7. The van der Waals surface area contributed by atoms with Gasteiger partial charge in [0.15, 0.2) is 0 Å². The number of nitrogens with one attached hydrogen (secondary N) is 2. The van der Waals surface area contributed by atoms with Crippen LogP contribution in [0.3, 0.4) is 0 Å². The molecule has 25 heavy (non-hydrogen) atoms. The zero-order valence-electron chi connectivity index (χ0n) is 14.7. The number of carbonyl (C=O) groups is 2. The summed E-state index contributed by atoms with van der Waals surface area (Å²) >= 11 is 0. The van der Waals surface area contributed by atoms with Gasteiger partial charge in [-0.3, -0.25) is 9.59 Å². The highest BCUT2D eigenvalue weighted by molar-refractivity contribution is 5.96. The fourth-order valence-corrected chi connectivity index (χ4v) is 3.28. The number of amides is 2. The molecular weight excluding hydrogens is 312 g/mol. The molecule has 0 spiro atoms. The molecule has 1 aliphatic heterocycles. The van der Waals surface area contributed by atoms with Crippen LogP contribution in [0, 0.1) is 5.92 Å². The standard InChI is InChI=1S/C21H24N2O2/c1-14(2)17-8-4-6-10-19(17)22-20(24)12-11-16-13-15-7-3-5-9-18(15)23-21(16)25/h3-10,14,16H,11-13H2,1-2H3,(H,22,24)(H,23,25). The number of anilines is 2. The average Bonchev–Trinajstić information content (AvgIpc) is 2.60. The van der Waals surface area contributed by atoms with E-state index in [1.165, 1.54) is 0 Å². The van der Waals surface area contributed by atoms with Gasteiger partial charge in [-0.05, 0) is 42.0 Å². The normalized spacial score (nSPS) is 16.3. The minimum absolute atomic E-state index is 0.00841. The smallest absolute Gasteiger partial charge is 0.227 e. The Labute approximate surface area is 148 Å². The first-order valence-electron chi connectivity index (χ1n) is 8.82. The molecule has 130 valence electrons. The maximum Gasteiger partial charge on any atom is 0.227 e. The monoisotopic (exact) mass is 336 g/mol. The molecule has 2 aromatic rings. The van der Waals surface area contributed by atoms with Crippen molar-refractivity contribution < 1.29 is 9.59 Å². The topological polar surface area (TPSA) is 58.2 Å². The van der Waals surface area contributed by atoms with Crippen LogP contribution in [0.2, 0.25) is 0 Å². The number of fused-ring (bicyclic) bond motifs is 1. The highest BCUT2D eigenvalue weighted by atomic mass is 16.2. The first kappa shape index (κ1) is 17.2. The predicted octanol–water partition coefficient (Wildman–Crippen LogP) is 4.34. The molecule has 1 atom stereocenters. The van der Waals surface area contributed by atoms with Crippen LogP contribution < -0.4 is 10.6 Å². The lowest BCUT2D eigenvalue weighted by Crippen LogP contribution is -2.30. The second-order valence-corrected chi connectivity index (χ2v) is 6.88. The van der Waals surface area contributed by atoms with E-state index in [0.29, 0.717) is 25.2 Å². The molecule has 0 radical (unpaired) electrons. The summed E-state index contributed by atoms with van der Waals surface area (Å²) in [7, 11) is 0. The Morgan fingerprint density at radius 2 is 1.88 bits per heavy atom. The van der Waals surface area contributed by atoms with Gasteiger partial charge < -0.3 is 10.6 Å². The molecule has 1 unspecified atom stereocenters. The maximum absolute atomic E-state index is 12.3. The number of carbonyl (C=O) groups excluding carboxylic acids is 2. The first-order valence-corrected chi connectivity index (χ1v) is 8.82. The number of rotatable bonds is 5. The number of hydrogen-bond donors (Lipinski definition) is 2. The Morgan fingerprint density at radius 3 is 2.68 bits per heavy atom. The molecule has 0 aromatic heterocycles.